The highest BCUT2D eigenvalue weighted by atomic mass is 79.9. The van der Waals surface area contributed by atoms with E-state index in [-0.39, 0.29) is 0 Å². The van der Waals surface area contributed by atoms with Crippen molar-refractivity contribution < 1.29 is 0 Å². The van der Waals surface area contributed by atoms with Crippen molar-refractivity contribution in [3.63, 3.8) is 0 Å². The molecular formula is C12H18Br2N2. The van der Waals surface area contributed by atoms with E-state index in [1.165, 1.54) is 5.56 Å². The molecule has 4 heteroatoms. The summed E-state index contributed by atoms with van der Waals surface area (Å²) in [6.45, 7) is 7.21. The Morgan fingerprint density at radius 1 is 1.19 bits per heavy atom. The molecule has 0 aliphatic carbocycles. The van der Waals surface area contributed by atoms with Gasteiger partial charge in [0.25, 0.3) is 0 Å². The van der Waals surface area contributed by atoms with Crippen molar-refractivity contribution in [2.45, 2.75) is 26.4 Å². The molecule has 2 N–H and O–H groups in total. The first-order chi connectivity index (χ1) is 7.59. The maximum atomic E-state index is 3.55. The molecule has 0 aliphatic rings. The highest BCUT2D eigenvalue weighted by molar-refractivity contribution is 9.11. The maximum absolute atomic E-state index is 3.55. The molecule has 0 aromatic heterocycles. The first kappa shape index (κ1) is 14.2. The van der Waals surface area contributed by atoms with Crippen LogP contribution >= 0.6 is 31.9 Å². The van der Waals surface area contributed by atoms with Gasteiger partial charge < -0.3 is 10.6 Å². The van der Waals surface area contributed by atoms with Gasteiger partial charge in [-0.3, -0.25) is 0 Å². The van der Waals surface area contributed by atoms with Crippen LogP contribution in [0.1, 0.15) is 19.4 Å². The maximum Gasteiger partial charge on any atom is 0.0231 e. The molecule has 0 spiro atoms. The lowest BCUT2D eigenvalue weighted by Gasteiger charge is -2.10. The minimum atomic E-state index is 0.557. The normalized spacial score (nSPS) is 11.1. The lowest BCUT2D eigenvalue weighted by Crippen LogP contribution is -2.31. The molecule has 1 rings (SSSR count). The van der Waals surface area contributed by atoms with Crippen molar-refractivity contribution in [2.75, 3.05) is 13.1 Å². The zero-order valence-corrected chi connectivity index (χ0v) is 12.9. The van der Waals surface area contributed by atoms with Crippen LogP contribution in [0.4, 0.5) is 0 Å². The third-order valence-electron chi connectivity index (χ3n) is 2.18. The lowest BCUT2D eigenvalue weighted by molar-refractivity contribution is 0.555. The van der Waals surface area contributed by atoms with E-state index in [9.17, 15) is 0 Å². The summed E-state index contributed by atoms with van der Waals surface area (Å²) in [7, 11) is 0. The quantitative estimate of drug-likeness (QED) is 0.770. The first-order valence-electron chi connectivity index (χ1n) is 5.47. The predicted octanol–water partition coefficient (Wildman–Crippen LogP) is 3.30. The lowest BCUT2D eigenvalue weighted by atomic mass is 10.2. The van der Waals surface area contributed by atoms with E-state index >= 15 is 0 Å². The number of hydrogen-bond donors (Lipinski definition) is 2. The Morgan fingerprint density at radius 3 is 2.56 bits per heavy atom. The average molecular weight is 350 g/mol. The third-order valence-corrected chi connectivity index (χ3v) is 3.42. The molecule has 0 fully saturated rings. The van der Waals surface area contributed by atoms with E-state index in [4.69, 9.17) is 0 Å². The smallest absolute Gasteiger partial charge is 0.0231 e. The third kappa shape index (κ3) is 5.43. The van der Waals surface area contributed by atoms with E-state index in [0.29, 0.717) is 6.04 Å². The number of benzene rings is 1. The molecule has 16 heavy (non-hydrogen) atoms. The molecule has 1 aromatic rings. The summed E-state index contributed by atoms with van der Waals surface area (Å²) in [4.78, 5) is 0. The Kier molecular flexibility index (Phi) is 6.58. The number of halogens is 2. The molecule has 0 saturated heterocycles. The van der Waals surface area contributed by atoms with Gasteiger partial charge in [-0.05, 0) is 17.7 Å². The van der Waals surface area contributed by atoms with Crippen LogP contribution in [0.3, 0.4) is 0 Å². The van der Waals surface area contributed by atoms with Crippen LogP contribution in [0.25, 0.3) is 0 Å². The predicted molar refractivity (Wildman–Crippen MR) is 76.7 cm³/mol. The molecule has 1 aromatic carbocycles. The van der Waals surface area contributed by atoms with Gasteiger partial charge in [0.05, 0.1) is 0 Å². The van der Waals surface area contributed by atoms with Gasteiger partial charge in [-0.1, -0.05) is 51.8 Å². The SMILES string of the molecule is CC(C)NCCNCc1ccc(Br)cc1Br. The zero-order valence-electron chi connectivity index (χ0n) is 9.69. The Bertz CT molecular complexity index is 327. The number of nitrogens with one attached hydrogen (secondary N) is 2. The van der Waals surface area contributed by atoms with E-state index in [2.05, 4.69) is 74.5 Å². The van der Waals surface area contributed by atoms with Gasteiger partial charge in [0.1, 0.15) is 0 Å². The fourth-order valence-corrected chi connectivity index (χ4v) is 2.52. The molecule has 90 valence electrons. The summed E-state index contributed by atoms with van der Waals surface area (Å²) < 4.78 is 2.25. The largest absolute Gasteiger partial charge is 0.313 e. The molecule has 0 bridgehead atoms. The van der Waals surface area contributed by atoms with Crippen molar-refractivity contribution in [3.8, 4) is 0 Å². The summed E-state index contributed by atoms with van der Waals surface area (Å²) in [5, 5.41) is 6.78. The second-order valence-electron chi connectivity index (χ2n) is 4.02. The zero-order chi connectivity index (χ0) is 12.0. The Morgan fingerprint density at radius 2 is 1.94 bits per heavy atom. The standard InChI is InChI=1S/C12H18Br2N2/c1-9(2)16-6-5-15-8-10-3-4-11(13)7-12(10)14/h3-4,7,9,15-16H,5-6,8H2,1-2H3. The van der Waals surface area contributed by atoms with Crippen LogP contribution < -0.4 is 10.6 Å². The van der Waals surface area contributed by atoms with Gasteiger partial charge in [0.15, 0.2) is 0 Å². The summed E-state index contributed by atoms with van der Waals surface area (Å²) in [5.74, 6) is 0. The van der Waals surface area contributed by atoms with E-state index in [1.54, 1.807) is 0 Å². The number of hydrogen-bond acceptors (Lipinski definition) is 2. The summed E-state index contributed by atoms with van der Waals surface area (Å²) in [6.07, 6.45) is 0. The highest BCUT2D eigenvalue weighted by Crippen LogP contribution is 2.21. The second-order valence-corrected chi connectivity index (χ2v) is 5.79. The fourth-order valence-electron chi connectivity index (χ4n) is 1.34. The molecule has 0 aliphatic heterocycles. The van der Waals surface area contributed by atoms with Crippen LogP contribution in [0.2, 0.25) is 0 Å². The first-order valence-corrected chi connectivity index (χ1v) is 7.06. The summed E-state index contributed by atoms with van der Waals surface area (Å²) >= 11 is 7.00. The fraction of sp³-hybridized carbons (Fsp3) is 0.500. The van der Waals surface area contributed by atoms with Gasteiger partial charge in [-0.2, -0.15) is 0 Å². The van der Waals surface area contributed by atoms with Crippen molar-refractivity contribution >= 4 is 31.9 Å². The van der Waals surface area contributed by atoms with Crippen molar-refractivity contribution in [1.82, 2.24) is 10.6 Å². The monoisotopic (exact) mass is 348 g/mol. The van der Waals surface area contributed by atoms with E-state index < -0.39 is 0 Å². The Hall–Kier alpha value is 0.1000. The van der Waals surface area contributed by atoms with Crippen LogP contribution in [0.15, 0.2) is 27.1 Å². The van der Waals surface area contributed by atoms with E-state index in [0.717, 1.165) is 28.6 Å². The molecule has 0 amide bonds. The summed E-state index contributed by atoms with van der Waals surface area (Å²) in [5.41, 5.74) is 1.28. The molecule has 0 radical (unpaired) electrons. The van der Waals surface area contributed by atoms with Crippen molar-refractivity contribution in [2.24, 2.45) is 0 Å². The van der Waals surface area contributed by atoms with Crippen molar-refractivity contribution in [3.05, 3.63) is 32.7 Å². The van der Waals surface area contributed by atoms with E-state index in [1.807, 2.05) is 0 Å². The van der Waals surface area contributed by atoms with Gasteiger partial charge >= 0.3 is 0 Å². The minimum absolute atomic E-state index is 0.557. The van der Waals surface area contributed by atoms with Gasteiger partial charge in [0.2, 0.25) is 0 Å². The second kappa shape index (κ2) is 7.43. The Labute approximate surface area is 114 Å². The minimum Gasteiger partial charge on any atom is -0.313 e. The average Bonchev–Trinajstić information content (AvgIpc) is 2.20. The highest BCUT2D eigenvalue weighted by Gasteiger charge is 1.99. The molecule has 0 heterocycles. The van der Waals surface area contributed by atoms with Crippen LogP contribution in [-0.4, -0.2) is 19.1 Å². The topological polar surface area (TPSA) is 24.1 Å². The van der Waals surface area contributed by atoms with Gasteiger partial charge in [-0.25, -0.2) is 0 Å². The van der Waals surface area contributed by atoms with Gasteiger partial charge in [0, 0.05) is 34.6 Å². The Balaban J connectivity index is 2.27. The van der Waals surface area contributed by atoms with Crippen LogP contribution in [-0.2, 0) is 6.54 Å². The van der Waals surface area contributed by atoms with Crippen molar-refractivity contribution in [1.29, 1.82) is 0 Å². The van der Waals surface area contributed by atoms with Crippen LogP contribution in [0.5, 0.6) is 0 Å². The molecule has 0 atom stereocenters. The summed E-state index contributed by atoms with van der Waals surface area (Å²) in [6, 6.07) is 6.82. The molecule has 0 unspecified atom stereocenters. The molecule has 0 saturated carbocycles. The molecular weight excluding hydrogens is 332 g/mol. The van der Waals surface area contributed by atoms with Gasteiger partial charge in [-0.15, -0.1) is 0 Å². The number of rotatable bonds is 6. The molecule has 2 nitrogen and oxygen atoms in total. The van der Waals surface area contributed by atoms with Crippen LogP contribution in [0, 0.1) is 0 Å².